The van der Waals surface area contributed by atoms with Gasteiger partial charge in [-0.05, 0) is 6.92 Å². The van der Waals surface area contributed by atoms with E-state index < -0.39 is 30.6 Å². The second-order valence-corrected chi connectivity index (χ2v) is 5.46. The van der Waals surface area contributed by atoms with Gasteiger partial charge in [-0.2, -0.15) is 0 Å². The molecule has 3 heterocycles. The summed E-state index contributed by atoms with van der Waals surface area (Å²) in [6, 6.07) is 0. The normalized spacial score (nSPS) is 30.7. The molecule has 1 aliphatic rings. The van der Waals surface area contributed by atoms with Crippen molar-refractivity contribution >= 4 is 17.1 Å². The van der Waals surface area contributed by atoms with Gasteiger partial charge in [0.2, 0.25) is 5.90 Å². The van der Waals surface area contributed by atoms with Crippen molar-refractivity contribution in [1.82, 2.24) is 19.5 Å². The number of imidazole rings is 1. The highest BCUT2D eigenvalue weighted by molar-refractivity contribution is 6.00. The molecule has 0 aliphatic carbocycles. The molecule has 23 heavy (non-hydrogen) atoms. The third kappa shape index (κ3) is 2.27. The quantitative estimate of drug-likeness (QED) is 0.407. The van der Waals surface area contributed by atoms with Gasteiger partial charge in [-0.1, -0.05) is 0 Å². The van der Waals surface area contributed by atoms with Crippen LogP contribution in [0.4, 0.5) is 0 Å². The van der Waals surface area contributed by atoms with E-state index in [9.17, 15) is 15.3 Å². The lowest BCUT2D eigenvalue weighted by atomic mass is 9.96. The zero-order valence-corrected chi connectivity index (χ0v) is 12.5. The van der Waals surface area contributed by atoms with Crippen molar-refractivity contribution < 1.29 is 24.8 Å². The van der Waals surface area contributed by atoms with E-state index in [1.807, 2.05) is 0 Å². The Hall–Kier alpha value is -2.14. The lowest BCUT2D eigenvalue weighted by Crippen LogP contribution is -2.44. The molecule has 0 bridgehead atoms. The average Bonchev–Trinajstić information content (AvgIpc) is 3.06. The molecule has 4 atom stereocenters. The van der Waals surface area contributed by atoms with Crippen molar-refractivity contribution in [2.45, 2.75) is 31.0 Å². The maximum Gasteiger partial charge on any atom is 0.234 e. The van der Waals surface area contributed by atoms with Gasteiger partial charge in [0.1, 0.15) is 29.7 Å². The topological polar surface area (TPSA) is 147 Å². The Morgan fingerprint density at radius 2 is 2.22 bits per heavy atom. The third-order valence-corrected chi connectivity index (χ3v) is 3.97. The van der Waals surface area contributed by atoms with Gasteiger partial charge < -0.3 is 24.8 Å². The largest absolute Gasteiger partial charge is 0.480 e. The van der Waals surface area contributed by atoms with Gasteiger partial charge in [-0.15, -0.1) is 0 Å². The molecule has 10 nitrogen and oxygen atoms in total. The van der Waals surface area contributed by atoms with Gasteiger partial charge in [-0.25, -0.2) is 15.0 Å². The van der Waals surface area contributed by atoms with E-state index in [0.29, 0.717) is 11.2 Å². The van der Waals surface area contributed by atoms with Gasteiger partial charge in [-0.3, -0.25) is 9.98 Å². The van der Waals surface area contributed by atoms with E-state index in [-0.39, 0.29) is 11.6 Å². The van der Waals surface area contributed by atoms with E-state index in [4.69, 9.17) is 14.9 Å². The number of aliphatic hydroxyl groups excluding tert-OH is 2. The van der Waals surface area contributed by atoms with Gasteiger partial charge in [0.15, 0.2) is 17.6 Å². The van der Waals surface area contributed by atoms with Crippen LogP contribution in [0.5, 0.6) is 0 Å². The lowest BCUT2D eigenvalue weighted by Gasteiger charge is -2.27. The molecule has 1 aliphatic heterocycles. The molecule has 0 amide bonds. The molecule has 1 fully saturated rings. The summed E-state index contributed by atoms with van der Waals surface area (Å²) < 4.78 is 11.8. The Bertz CT molecular complexity index is 745. The standard InChI is InChI=1S/C13H17N5O5/c1-13(21)9(20)6(3-19)23-12(13)18-5-17-8-7(10(14)22-2)15-4-16-11(8)18/h4-6,9,12,14,19-21H,3H2,1-2H3/t6-,9-,12?,13-/m1/s1. The number of fused-ring (bicyclic) bond motifs is 1. The minimum absolute atomic E-state index is 0.171. The van der Waals surface area contributed by atoms with E-state index >= 15 is 0 Å². The summed E-state index contributed by atoms with van der Waals surface area (Å²) in [5, 5.41) is 37.6. The Balaban J connectivity index is 2.10. The molecule has 3 rings (SSSR count). The lowest BCUT2D eigenvalue weighted by molar-refractivity contribution is -0.0950. The second kappa shape index (κ2) is 5.49. The van der Waals surface area contributed by atoms with Crippen molar-refractivity contribution in [3.63, 3.8) is 0 Å². The first-order valence-corrected chi connectivity index (χ1v) is 6.89. The predicted octanol–water partition coefficient (Wildman–Crippen LogP) is -1.20. The first-order valence-electron chi connectivity index (χ1n) is 6.89. The molecule has 4 N–H and O–H groups in total. The maximum absolute atomic E-state index is 10.5. The number of hydrogen-bond acceptors (Lipinski definition) is 9. The smallest absolute Gasteiger partial charge is 0.234 e. The van der Waals surface area contributed by atoms with Crippen LogP contribution >= 0.6 is 0 Å². The molecule has 124 valence electrons. The first kappa shape index (κ1) is 15.7. The average molecular weight is 323 g/mol. The molecular weight excluding hydrogens is 306 g/mol. The molecule has 1 unspecified atom stereocenters. The number of aliphatic hydroxyl groups is 3. The number of nitrogens with zero attached hydrogens (tertiary/aromatic N) is 4. The van der Waals surface area contributed by atoms with Gasteiger partial charge >= 0.3 is 0 Å². The van der Waals surface area contributed by atoms with Crippen LogP contribution in [0.1, 0.15) is 18.8 Å². The highest BCUT2D eigenvalue weighted by Crippen LogP contribution is 2.39. The molecular formula is C13H17N5O5. The van der Waals surface area contributed by atoms with Gasteiger partial charge in [0, 0.05) is 0 Å². The fourth-order valence-corrected chi connectivity index (χ4v) is 2.68. The fraction of sp³-hybridized carbons (Fsp3) is 0.538. The highest BCUT2D eigenvalue weighted by Gasteiger charge is 2.53. The van der Waals surface area contributed by atoms with E-state index in [1.165, 1.54) is 31.3 Å². The van der Waals surface area contributed by atoms with Crippen molar-refractivity contribution in [2.24, 2.45) is 0 Å². The van der Waals surface area contributed by atoms with E-state index in [2.05, 4.69) is 15.0 Å². The minimum atomic E-state index is -1.65. The molecule has 10 heteroatoms. The Morgan fingerprint density at radius 1 is 1.48 bits per heavy atom. The Labute approximate surface area is 130 Å². The summed E-state index contributed by atoms with van der Waals surface area (Å²) in [5.74, 6) is -0.171. The SMILES string of the molecule is COC(=N)c1ncnc2c1ncn2C1O[C@H](CO)[C@@H](O)[C@@]1(C)O. The predicted molar refractivity (Wildman–Crippen MR) is 76.8 cm³/mol. The number of aromatic nitrogens is 4. The van der Waals surface area contributed by atoms with Crippen molar-refractivity contribution in [1.29, 1.82) is 5.41 Å². The number of rotatable bonds is 3. The Kier molecular flexibility index (Phi) is 3.76. The van der Waals surface area contributed by atoms with Gasteiger partial charge in [0.05, 0.1) is 20.0 Å². The van der Waals surface area contributed by atoms with E-state index in [0.717, 1.165) is 0 Å². The first-order chi connectivity index (χ1) is 10.9. The van der Waals surface area contributed by atoms with Crippen LogP contribution in [0.3, 0.4) is 0 Å². The monoisotopic (exact) mass is 323 g/mol. The van der Waals surface area contributed by atoms with Crippen LogP contribution in [-0.2, 0) is 9.47 Å². The molecule has 2 aromatic heterocycles. The minimum Gasteiger partial charge on any atom is -0.480 e. The molecule has 0 radical (unpaired) electrons. The number of methoxy groups -OCH3 is 1. The van der Waals surface area contributed by atoms with Crippen LogP contribution in [0.2, 0.25) is 0 Å². The maximum atomic E-state index is 10.5. The molecule has 0 aromatic carbocycles. The fourth-order valence-electron chi connectivity index (χ4n) is 2.68. The van der Waals surface area contributed by atoms with Crippen molar-refractivity contribution in [2.75, 3.05) is 13.7 Å². The molecule has 1 saturated heterocycles. The third-order valence-electron chi connectivity index (χ3n) is 3.97. The molecule has 0 saturated carbocycles. The second-order valence-electron chi connectivity index (χ2n) is 5.46. The number of ether oxygens (including phenoxy) is 2. The van der Waals surface area contributed by atoms with E-state index in [1.54, 1.807) is 0 Å². The van der Waals surface area contributed by atoms with Gasteiger partial charge in [0.25, 0.3) is 0 Å². The van der Waals surface area contributed by atoms with Crippen LogP contribution in [0.15, 0.2) is 12.7 Å². The summed E-state index contributed by atoms with van der Waals surface area (Å²) >= 11 is 0. The summed E-state index contributed by atoms with van der Waals surface area (Å²) in [7, 11) is 1.35. The Morgan fingerprint density at radius 3 is 2.83 bits per heavy atom. The molecule has 0 spiro atoms. The van der Waals surface area contributed by atoms with Crippen LogP contribution in [0, 0.1) is 5.41 Å². The highest BCUT2D eigenvalue weighted by atomic mass is 16.6. The van der Waals surface area contributed by atoms with Crippen LogP contribution < -0.4 is 0 Å². The zero-order valence-electron chi connectivity index (χ0n) is 12.5. The summed E-state index contributed by atoms with van der Waals surface area (Å²) in [6.07, 6.45) is -0.580. The number of hydrogen-bond donors (Lipinski definition) is 4. The number of nitrogens with one attached hydrogen (secondary N) is 1. The zero-order chi connectivity index (χ0) is 16.8. The van der Waals surface area contributed by atoms with Crippen LogP contribution in [-0.4, -0.2) is 72.3 Å². The van der Waals surface area contributed by atoms with Crippen molar-refractivity contribution in [3.8, 4) is 0 Å². The van der Waals surface area contributed by atoms with Crippen LogP contribution in [0.25, 0.3) is 11.2 Å². The molecule has 2 aromatic rings. The summed E-state index contributed by atoms with van der Waals surface area (Å²) in [4.78, 5) is 12.2. The summed E-state index contributed by atoms with van der Waals surface area (Å²) in [5.41, 5.74) is -0.831. The summed E-state index contributed by atoms with van der Waals surface area (Å²) in [6.45, 7) is 0.970. The van der Waals surface area contributed by atoms with Crippen molar-refractivity contribution in [3.05, 3.63) is 18.3 Å².